The molecule has 1 atom stereocenters. The summed E-state index contributed by atoms with van der Waals surface area (Å²) in [6, 6.07) is 11.6. The third kappa shape index (κ3) is 5.13. The number of carbonyl (C=O) groups excluding carboxylic acids is 1. The first kappa shape index (κ1) is 17.7. The highest BCUT2D eigenvalue weighted by atomic mass is 35.5. The van der Waals surface area contributed by atoms with E-state index in [-0.39, 0.29) is 31.4 Å². The molecule has 1 amide bonds. The number of carbonyl (C=O) groups is 1. The molecule has 114 valence electrons. The molecule has 1 unspecified atom stereocenters. The second-order valence-electron chi connectivity index (χ2n) is 4.54. The van der Waals surface area contributed by atoms with Crippen LogP contribution in [-0.2, 0) is 11.3 Å². The summed E-state index contributed by atoms with van der Waals surface area (Å²) < 4.78 is 0. The largest absolute Gasteiger partial charge is 0.387 e. The van der Waals surface area contributed by atoms with Crippen molar-refractivity contribution < 1.29 is 9.90 Å². The third-order valence-corrected chi connectivity index (χ3v) is 3.77. The van der Waals surface area contributed by atoms with Crippen LogP contribution in [0, 0.1) is 0 Å². The smallest absolute Gasteiger partial charge is 0.236 e. The highest BCUT2D eigenvalue weighted by Crippen LogP contribution is 2.18. The van der Waals surface area contributed by atoms with Gasteiger partial charge < -0.3 is 15.7 Å². The Morgan fingerprint density at radius 2 is 2.00 bits per heavy atom. The van der Waals surface area contributed by atoms with E-state index in [1.165, 1.54) is 11.3 Å². The van der Waals surface area contributed by atoms with E-state index >= 15 is 0 Å². The molecule has 0 radical (unpaired) electrons. The van der Waals surface area contributed by atoms with E-state index < -0.39 is 6.10 Å². The zero-order chi connectivity index (χ0) is 14.4. The number of aliphatic hydroxyl groups excluding tert-OH is 1. The topological polar surface area (TPSA) is 66.6 Å². The van der Waals surface area contributed by atoms with Gasteiger partial charge >= 0.3 is 0 Å². The molecule has 4 nitrogen and oxygen atoms in total. The van der Waals surface area contributed by atoms with Crippen molar-refractivity contribution in [3.63, 3.8) is 0 Å². The third-order valence-electron chi connectivity index (χ3n) is 3.06. The monoisotopic (exact) mass is 326 g/mol. The maximum Gasteiger partial charge on any atom is 0.236 e. The van der Waals surface area contributed by atoms with Crippen molar-refractivity contribution in [2.45, 2.75) is 12.6 Å². The molecule has 1 heterocycles. The first-order chi connectivity index (χ1) is 9.70. The van der Waals surface area contributed by atoms with Gasteiger partial charge in [-0.3, -0.25) is 4.79 Å². The Morgan fingerprint density at radius 3 is 2.57 bits per heavy atom. The molecule has 0 saturated carbocycles. The van der Waals surface area contributed by atoms with Crippen LogP contribution in [0.5, 0.6) is 0 Å². The summed E-state index contributed by atoms with van der Waals surface area (Å²) in [7, 11) is 0. The molecular weight excluding hydrogens is 308 g/mol. The number of amides is 1. The summed E-state index contributed by atoms with van der Waals surface area (Å²) in [6.07, 6.45) is -0.680. The molecule has 0 fully saturated rings. The maximum atomic E-state index is 11.9. The number of nitrogens with zero attached hydrogens (tertiary/aromatic N) is 1. The van der Waals surface area contributed by atoms with Crippen LogP contribution in [0.3, 0.4) is 0 Å². The zero-order valence-electron chi connectivity index (χ0n) is 11.5. The second-order valence-corrected chi connectivity index (χ2v) is 5.32. The molecule has 6 heteroatoms. The molecule has 0 aliphatic rings. The first-order valence-electron chi connectivity index (χ1n) is 6.42. The van der Waals surface area contributed by atoms with Crippen LogP contribution in [0.25, 0.3) is 0 Å². The SMILES string of the molecule is Cl.NCC(=O)N(Cc1ccccc1)CC(O)c1ccsc1. The summed E-state index contributed by atoms with van der Waals surface area (Å²) in [5.41, 5.74) is 7.30. The summed E-state index contributed by atoms with van der Waals surface area (Å²) in [4.78, 5) is 13.5. The molecule has 0 aliphatic heterocycles. The normalized spacial score (nSPS) is 11.5. The molecule has 3 N–H and O–H groups in total. The van der Waals surface area contributed by atoms with Crippen LogP contribution in [0.1, 0.15) is 17.2 Å². The zero-order valence-corrected chi connectivity index (χ0v) is 13.1. The van der Waals surface area contributed by atoms with Crippen LogP contribution < -0.4 is 5.73 Å². The second kappa shape index (κ2) is 8.79. The van der Waals surface area contributed by atoms with Crippen molar-refractivity contribution in [3.8, 4) is 0 Å². The molecule has 0 saturated heterocycles. The van der Waals surface area contributed by atoms with Gasteiger partial charge in [-0.25, -0.2) is 0 Å². The Morgan fingerprint density at radius 1 is 1.29 bits per heavy atom. The van der Waals surface area contributed by atoms with Crippen LogP contribution in [0.4, 0.5) is 0 Å². The van der Waals surface area contributed by atoms with Crippen molar-refractivity contribution in [2.75, 3.05) is 13.1 Å². The van der Waals surface area contributed by atoms with Gasteiger partial charge in [-0.2, -0.15) is 11.3 Å². The van der Waals surface area contributed by atoms with E-state index in [1.54, 1.807) is 4.90 Å². The lowest BCUT2D eigenvalue weighted by molar-refractivity contribution is -0.131. The van der Waals surface area contributed by atoms with Gasteiger partial charge in [0.1, 0.15) is 0 Å². The lowest BCUT2D eigenvalue weighted by Crippen LogP contribution is -2.38. The lowest BCUT2D eigenvalue weighted by Gasteiger charge is -2.25. The minimum absolute atomic E-state index is 0. The van der Waals surface area contributed by atoms with Crippen LogP contribution in [0.15, 0.2) is 47.2 Å². The number of nitrogens with two attached hydrogens (primary N) is 1. The van der Waals surface area contributed by atoms with E-state index in [1.807, 2.05) is 47.2 Å². The van der Waals surface area contributed by atoms with Gasteiger partial charge in [-0.05, 0) is 28.0 Å². The van der Waals surface area contributed by atoms with E-state index in [0.717, 1.165) is 11.1 Å². The van der Waals surface area contributed by atoms with Gasteiger partial charge in [0.2, 0.25) is 5.91 Å². The number of rotatable bonds is 6. The van der Waals surface area contributed by atoms with Gasteiger partial charge in [0.25, 0.3) is 0 Å². The molecule has 21 heavy (non-hydrogen) atoms. The number of halogens is 1. The van der Waals surface area contributed by atoms with Gasteiger partial charge in [-0.15, -0.1) is 12.4 Å². The molecule has 1 aromatic heterocycles. The predicted octanol–water partition coefficient (Wildman–Crippen LogP) is 2.19. The Labute approximate surface area is 134 Å². The number of aliphatic hydroxyl groups is 1. The molecule has 0 spiro atoms. The summed E-state index contributed by atoms with van der Waals surface area (Å²) in [6.45, 7) is 0.656. The van der Waals surface area contributed by atoms with Gasteiger partial charge in [0.05, 0.1) is 19.2 Å². The molecule has 0 bridgehead atoms. The van der Waals surface area contributed by atoms with Gasteiger partial charge in [-0.1, -0.05) is 30.3 Å². The van der Waals surface area contributed by atoms with E-state index in [9.17, 15) is 9.90 Å². The minimum Gasteiger partial charge on any atom is -0.387 e. The Kier molecular flexibility index (Phi) is 7.39. The van der Waals surface area contributed by atoms with Crippen molar-refractivity contribution >= 4 is 29.7 Å². The minimum atomic E-state index is -0.680. The fourth-order valence-corrected chi connectivity index (χ4v) is 2.67. The van der Waals surface area contributed by atoms with Crippen LogP contribution in [0.2, 0.25) is 0 Å². The highest BCUT2D eigenvalue weighted by Gasteiger charge is 2.18. The van der Waals surface area contributed by atoms with E-state index in [2.05, 4.69) is 0 Å². The fraction of sp³-hybridized carbons (Fsp3) is 0.267. The lowest BCUT2D eigenvalue weighted by atomic mass is 10.1. The van der Waals surface area contributed by atoms with Crippen LogP contribution in [-0.4, -0.2) is 29.0 Å². The van der Waals surface area contributed by atoms with E-state index in [0.29, 0.717) is 6.54 Å². The maximum absolute atomic E-state index is 11.9. The highest BCUT2D eigenvalue weighted by molar-refractivity contribution is 7.07. The van der Waals surface area contributed by atoms with E-state index in [4.69, 9.17) is 5.73 Å². The van der Waals surface area contributed by atoms with Crippen molar-refractivity contribution in [3.05, 3.63) is 58.3 Å². The fourth-order valence-electron chi connectivity index (χ4n) is 1.97. The predicted molar refractivity (Wildman–Crippen MR) is 87.4 cm³/mol. The van der Waals surface area contributed by atoms with Crippen molar-refractivity contribution in [1.29, 1.82) is 0 Å². The number of hydrogen-bond donors (Lipinski definition) is 2. The molecule has 2 aromatic rings. The van der Waals surface area contributed by atoms with Gasteiger partial charge in [0, 0.05) is 6.54 Å². The average Bonchev–Trinajstić information content (AvgIpc) is 3.01. The Hall–Kier alpha value is -1.40. The molecule has 0 aliphatic carbocycles. The van der Waals surface area contributed by atoms with Crippen molar-refractivity contribution in [1.82, 2.24) is 4.90 Å². The molecular formula is C15H19ClN2O2S. The van der Waals surface area contributed by atoms with Crippen LogP contribution >= 0.6 is 23.7 Å². The standard InChI is InChI=1S/C15H18N2O2S.ClH/c16-8-15(19)17(9-12-4-2-1-3-5-12)10-14(18)13-6-7-20-11-13;/h1-7,11,14,18H,8-10,16H2;1H. The van der Waals surface area contributed by atoms with Crippen molar-refractivity contribution in [2.24, 2.45) is 5.73 Å². The quantitative estimate of drug-likeness (QED) is 0.855. The van der Waals surface area contributed by atoms with Gasteiger partial charge in [0.15, 0.2) is 0 Å². The summed E-state index contributed by atoms with van der Waals surface area (Å²) in [5, 5.41) is 14.0. The summed E-state index contributed by atoms with van der Waals surface area (Å²) in [5.74, 6) is -0.164. The molecule has 2 rings (SSSR count). The Bertz CT molecular complexity index is 534. The number of benzene rings is 1. The average molecular weight is 327 g/mol. The molecule has 1 aromatic carbocycles. The first-order valence-corrected chi connectivity index (χ1v) is 7.37. The number of hydrogen-bond acceptors (Lipinski definition) is 4. The Balaban J connectivity index is 0.00000220. The summed E-state index contributed by atoms with van der Waals surface area (Å²) >= 11 is 1.52. The number of thiophene rings is 1.